The minimum Gasteiger partial charge on any atom is -0.494 e. The molecule has 42 heavy (non-hydrogen) atoms. The number of aliphatic carboxylic acids is 1. The molecular formula is C27H30F3N5O6S. The van der Waals surface area contributed by atoms with Crippen LogP contribution in [0.1, 0.15) is 22.8 Å². The van der Waals surface area contributed by atoms with Crippen LogP contribution in [0, 0.1) is 0 Å². The van der Waals surface area contributed by atoms with Crippen LogP contribution in [0.2, 0.25) is 0 Å². The third-order valence-corrected chi connectivity index (χ3v) is 7.21. The van der Waals surface area contributed by atoms with Crippen LogP contribution in [0.25, 0.3) is 0 Å². The number of sulfonamides is 1. The summed E-state index contributed by atoms with van der Waals surface area (Å²) in [5.41, 5.74) is 2.31. The van der Waals surface area contributed by atoms with Crippen molar-refractivity contribution in [3.8, 4) is 5.75 Å². The van der Waals surface area contributed by atoms with Gasteiger partial charge in [-0.05, 0) is 61.0 Å². The van der Waals surface area contributed by atoms with E-state index in [0.29, 0.717) is 30.2 Å². The summed E-state index contributed by atoms with van der Waals surface area (Å²) in [4.78, 5) is 28.0. The molecule has 0 bridgehead atoms. The first-order valence-corrected chi connectivity index (χ1v) is 14.2. The van der Waals surface area contributed by atoms with Gasteiger partial charge in [0.1, 0.15) is 5.75 Å². The van der Waals surface area contributed by atoms with E-state index in [-0.39, 0.29) is 10.8 Å². The summed E-state index contributed by atoms with van der Waals surface area (Å²) in [6.45, 7) is 5.71. The lowest BCUT2D eigenvalue weighted by molar-refractivity contribution is -0.192. The molecule has 0 aliphatic carbocycles. The van der Waals surface area contributed by atoms with Gasteiger partial charge in [-0.15, -0.1) is 0 Å². The summed E-state index contributed by atoms with van der Waals surface area (Å²) in [6.07, 6.45) is -1.73. The number of pyridine rings is 1. The molecule has 15 heteroatoms. The van der Waals surface area contributed by atoms with Crippen molar-refractivity contribution in [2.24, 2.45) is 0 Å². The van der Waals surface area contributed by atoms with E-state index in [1.54, 1.807) is 48.8 Å². The zero-order valence-electron chi connectivity index (χ0n) is 22.5. The fourth-order valence-electron chi connectivity index (χ4n) is 3.81. The van der Waals surface area contributed by atoms with E-state index in [1.165, 1.54) is 12.1 Å². The minimum atomic E-state index is -5.08. The molecular weight excluding hydrogens is 579 g/mol. The Morgan fingerprint density at radius 2 is 1.76 bits per heavy atom. The zero-order valence-corrected chi connectivity index (χ0v) is 23.3. The lowest BCUT2D eigenvalue weighted by Gasteiger charge is -2.31. The zero-order chi connectivity index (χ0) is 30.8. The van der Waals surface area contributed by atoms with Crippen molar-refractivity contribution in [2.75, 3.05) is 42.4 Å². The summed E-state index contributed by atoms with van der Waals surface area (Å²) in [6, 6.07) is 15.0. The van der Waals surface area contributed by atoms with Crippen molar-refractivity contribution in [3.63, 3.8) is 0 Å². The first-order chi connectivity index (χ1) is 19.9. The Morgan fingerprint density at radius 1 is 1.10 bits per heavy atom. The topological polar surface area (TPSA) is 150 Å². The highest BCUT2D eigenvalue weighted by Gasteiger charge is 2.38. The maximum Gasteiger partial charge on any atom is 0.490 e. The molecule has 0 spiro atoms. The highest BCUT2D eigenvalue weighted by molar-refractivity contribution is 7.92. The summed E-state index contributed by atoms with van der Waals surface area (Å²) >= 11 is 0. The number of rotatable bonds is 9. The molecule has 4 rings (SSSR count). The Morgan fingerprint density at radius 3 is 2.33 bits per heavy atom. The summed E-state index contributed by atoms with van der Waals surface area (Å²) in [7, 11) is -3.89. The number of hydrogen-bond donors (Lipinski definition) is 4. The van der Waals surface area contributed by atoms with Gasteiger partial charge in [0, 0.05) is 50.7 Å². The smallest absolute Gasteiger partial charge is 0.490 e. The van der Waals surface area contributed by atoms with Gasteiger partial charge >= 0.3 is 12.1 Å². The average molecular weight is 610 g/mol. The summed E-state index contributed by atoms with van der Waals surface area (Å²) in [5, 5.41) is 13.3. The molecule has 2 aromatic carbocycles. The fourth-order valence-corrected chi connectivity index (χ4v) is 4.88. The van der Waals surface area contributed by atoms with E-state index in [4.69, 9.17) is 14.6 Å². The molecule has 1 aromatic heterocycles. The van der Waals surface area contributed by atoms with E-state index in [9.17, 15) is 26.4 Å². The van der Waals surface area contributed by atoms with Crippen LogP contribution < -0.4 is 25.0 Å². The van der Waals surface area contributed by atoms with Gasteiger partial charge in [-0.2, -0.15) is 13.2 Å². The van der Waals surface area contributed by atoms with Crippen LogP contribution in [-0.2, 0) is 21.4 Å². The summed E-state index contributed by atoms with van der Waals surface area (Å²) in [5.74, 6) is -2.46. The van der Waals surface area contributed by atoms with Gasteiger partial charge in [0.25, 0.3) is 15.9 Å². The molecule has 0 radical (unpaired) electrons. The molecule has 3 aromatic rings. The second-order valence-electron chi connectivity index (χ2n) is 8.83. The van der Waals surface area contributed by atoms with Crippen molar-refractivity contribution in [1.82, 2.24) is 15.6 Å². The predicted octanol–water partition coefficient (Wildman–Crippen LogP) is 3.25. The second kappa shape index (κ2) is 14.5. The molecule has 1 amide bonds. The molecule has 0 saturated carbocycles. The van der Waals surface area contributed by atoms with Gasteiger partial charge in [0.05, 0.1) is 22.9 Å². The quantitative estimate of drug-likeness (QED) is 0.287. The molecule has 2 heterocycles. The number of ether oxygens (including phenoxy) is 1. The number of hydrogen-bond acceptors (Lipinski definition) is 8. The van der Waals surface area contributed by atoms with E-state index < -0.39 is 22.2 Å². The third kappa shape index (κ3) is 9.34. The highest BCUT2D eigenvalue weighted by atomic mass is 32.2. The maximum absolute atomic E-state index is 13.2. The highest BCUT2D eigenvalue weighted by Crippen LogP contribution is 2.30. The Hall–Kier alpha value is -4.37. The molecule has 1 aliphatic rings. The fraction of sp³-hybridized carbons (Fsp3) is 0.296. The number of carbonyl (C=O) groups excluding carboxylic acids is 1. The Bertz CT molecular complexity index is 1450. The number of alkyl halides is 3. The number of piperazine rings is 1. The SMILES string of the molecule is CCOc1ccc(S(=O)(=O)Nc2cc(C(=O)NCc3cccnc3)ccc2N2CCNCC2)cc1.O=C(O)C(F)(F)F. The van der Waals surface area contributed by atoms with Crippen molar-refractivity contribution in [2.45, 2.75) is 24.5 Å². The number of nitrogens with zero attached hydrogens (tertiary/aromatic N) is 2. The van der Waals surface area contributed by atoms with Crippen LogP contribution in [0.4, 0.5) is 24.5 Å². The number of carboxylic acids is 1. The van der Waals surface area contributed by atoms with E-state index in [2.05, 4.69) is 25.2 Å². The molecule has 1 saturated heterocycles. The average Bonchev–Trinajstić information content (AvgIpc) is 2.97. The maximum atomic E-state index is 13.2. The van der Waals surface area contributed by atoms with Gasteiger partial charge in [-0.3, -0.25) is 14.5 Å². The van der Waals surface area contributed by atoms with Gasteiger partial charge in [-0.1, -0.05) is 6.07 Å². The second-order valence-corrected chi connectivity index (χ2v) is 10.5. The Labute approximate surface area is 240 Å². The third-order valence-electron chi connectivity index (χ3n) is 5.82. The number of aromatic nitrogens is 1. The van der Waals surface area contributed by atoms with Gasteiger partial charge in [-0.25, -0.2) is 13.2 Å². The lowest BCUT2D eigenvalue weighted by atomic mass is 10.1. The van der Waals surface area contributed by atoms with Crippen LogP contribution in [0.5, 0.6) is 5.75 Å². The molecule has 0 atom stereocenters. The molecule has 1 aliphatic heterocycles. The number of carboxylic acid groups (broad SMARTS) is 1. The monoisotopic (exact) mass is 609 g/mol. The molecule has 1 fully saturated rings. The Balaban J connectivity index is 0.000000616. The van der Waals surface area contributed by atoms with Gasteiger partial charge in [0.2, 0.25) is 0 Å². The largest absolute Gasteiger partial charge is 0.494 e. The molecule has 0 unspecified atom stereocenters. The first kappa shape index (κ1) is 32.1. The lowest BCUT2D eigenvalue weighted by Crippen LogP contribution is -2.43. The van der Waals surface area contributed by atoms with Crippen LogP contribution in [0.3, 0.4) is 0 Å². The molecule has 11 nitrogen and oxygen atoms in total. The van der Waals surface area contributed by atoms with Gasteiger partial charge < -0.3 is 25.4 Å². The predicted molar refractivity (Wildman–Crippen MR) is 149 cm³/mol. The number of nitrogens with one attached hydrogen (secondary N) is 3. The van der Waals surface area contributed by atoms with Crippen molar-refractivity contribution in [3.05, 3.63) is 78.1 Å². The van der Waals surface area contributed by atoms with E-state index >= 15 is 0 Å². The standard InChI is InChI=1S/C25H29N5O4S.C2HF3O2/c1-2-34-21-6-8-22(9-7-21)35(32,33)29-23-16-20(5-10-24(23)30-14-12-26-13-15-30)25(31)28-18-19-4-3-11-27-17-19;3-2(4,5)1(6)7/h3-11,16-17,26,29H,2,12-15,18H2,1H3,(H,28,31);(H,6,7). The van der Waals surface area contributed by atoms with Gasteiger partial charge in [0.15, 0.2) is 0 Å². The van der Waals surface area contributed by atoms with Crippen LogP contribution in [-0.4, -0.2) is 69.3 Å². The summed E-state index contributed by atoms with van der Waals surface area (Å²) < 4.78 is 66.3. The van der Waals surface area contributed by atoms with Crippen LogP contribution >= 0.6 is 0 Å². The number of anilines is 2. The van der Waals surface area contributed by atoms with Crippen molar-refractivity contribution < 1.29 is 41.0 Å². The Kier molecular flexibility index (Phi) is 11.1. The normalized spacial score (nSPS) is 13.4. The number of amides is 1. The van der Waals surface area contributed by atoms with E-state index in [0.717, 1.165) is 37.4 Å². The van der Waals surface area contributed by atoms with Crippen molar-refractivity contribution in [1.29, 1.82) is 0 Å². The molecule has 226 valence electrons. The number of carbonyl (C=O) groups is 2. The van der Waals surface area contributed by atoms with Crippen molar-refractivity contribution >= 4 is 33.3 Å². The van der Waals surface area contributed by atoms with Crippen LogP contribution in [0.15, 0.2) is 71.9 Å². The minimum absolute atomic E-state index is 0.110. The first-order valence-electron chi connectivity index (χ1n) is 12.7. The number of halogens is 3. The number of benzene rings is 2. The van der Waals surface area contributed by atoms with E-state index in [1.807, 2.05) is 13.0 Å². The molecule has 4 N–H and O–H groups in total.